The monoisotopic (exact) mass is 333 g/mol. The van der Waals surface area contributed by atoms with Crippen molar-refractivity contribution in [2.75, 3.05) is 13.1 Å². The fraction of sp³-hybridized carbons (Fsp3) is 0.444. The first-order chi connectivity index (χ1) is 10.9. The Labute approximate surface area is 142 Å². The molecular weight excluding hydrogens is 310 g/mol. The van der Waals surface area contributed by atoms with E-state index in [1.165, 1.54) is 0 Å². The molecule has 23 heavy (non-hydrogen) atoms. The van der Waals surface area contributed by atoms with Crippen LogP contribution in [0, 0.1) is 0 Å². The van der Waals surface area contributed by atoms with Crippen molar-refractivity contribution in [1.29, 1.82) is 0 Å². The van der Waals surface area contributed by atoms with Gasteiger partial charge in [0.25, 0.3) is 5.91 Å². The first-order valence-corrected chi connectivity index (χ1v) is 8.36. The molecule has 0 bridgehead atoms. The fourth-order valence-corrected chi connectivity index (χ4v) is 2.91. The molecule has 0 aliphatic carbocycles. The lowest BCUT2D eigenvalue weighted by Crippen LogP contribution is -2.42. The topological polar surface area (TPSA) is 45.2 Å². The maximum atomic E-state index is 12.3. The van der Waals surface area contributed by atoms with Gasteiger partial charge >= 0.3 is 0 Å². The van der Waals surface area contributed by atoms with Gasteiger partial charge in [-0.25, -0.2) is 4.98 Å². The summed E-state index contributed by atoms with van der Waals surface area (Å²) in [5.74, 6) is -0.0608. The van der Waals surface area contributed by atoms with Gasteiger partial charge < -0.3 is 5.32 Å². The zero-order chi connectivity index (χ0) is 17.0. The van der Waals surface area contributed by atoms with Crippen LogP contribution in [0.25, 0.3) is 10.9 Å². The van der Waals surface area contributed by atoms with Crippen molar-refractivity contribution in [2.45, 2.75) is 39.8 Å². The average Bonchev–Trinajstić information content (AvgIpc) is 2.49. The van der Waals surface area contributed by atoms with E-state index in [2.05, 4.69) is 42.9 Å². The number of halogens is 1. The second-order valence-electron chi connectivity index (χ2n) is 6.22. The van der Waals surface area contributed by atoms with Crippen LogP contribution < -0.4 is 5.32 Å². The summed E-state index contributed by atoms with van der Waals surface area (Å²) in [6.07, 6.45) is 0. The number of pyridine rings is 1. The van der Waals surface area contributed by atoms with Gasteiger partial charge in [-0.05, 0) is 58.0 Å². The van der Waals surface area contributed by atoms with Crippen molar-refractivity contribution >= 4 is 28.4 Å². The van der Waals surface area contributed by atoms with Gasteiger partial charge in [-0.15, -0.1) is 0 Å². The highest BCUT2D eigenvalue weighted by Crippen LogP contribution is 2.17. The molecule has 2 aromatic rings. The van der Waals surface area contributed by atoms with Gasteiger partial charge in [-0.2, -0.15) is 0 Å². The molecule has 1 amide bonds. The Kier molecular flexibility index (Phi) is 5.97. The Balaban J connectivity index is 1.99. The summed E-state index contributed by atoms with van der Waals surface area (Å²) in [6.45, 7) is 10.1. The Morgan fingerprint density at radius 1 is 1.17 bits per heavy atom. The van der Waals surface area contributed by atoms with Crippen LogP contribution >= 0.6 is 11.6 Å². The molecule has 0 saturated carbocycles. The van der Waals surface area contributed by atoms with E-state index in [0.29, 0.717) is 29.3 Å². The number of carbonyl (C=O) groups is 1. The zero-order valence-corrected chi connectivity index (χ0v) is 14.9. The molecule has 1 aromatic heterocycles. The number of hydrogen-bond donors (Lipinski definition) is 1. The molecule has 5 heteroatoms. The Hall–Kier alpha value is -1.65. The van der Waals surface area contributed by atoms with Gasteiger partial charge in [0.1, 0.15) is 5.15 Å². The first-order valence-electron chi connectivity index (χ1n) is 7.98. The predicted octanol–water partition coefficient (Wildman–Crippen LogP) is 3.74. The van der Waals surface area contributed by atoms with E-state index in [1.54, 1.807) is 12.1 Å². The molecule has 0 aliphatic rings. The number of nitrogens with zero attached hydrogens (tertiary/aromatic N) is 2. The van der Waals surface area contributed by atoms with Crippen molar-refractivity contribution < 1.29 is 4.79 Å². The van der Waals surface area contributed by atoms with E-state index < -0.39 is 0 Å². The molecule has 0 spiro atoms. The van der Waals surface area contributed by atoms with Crippen LogP contribution in [-0.4, -0.2) is 41.0 Å². The van der Waals surface area contributed by atoms with Crippen LogP contribution in [0.1, 0.15) is 38.1 Å². The van der Waals surface area contributed by atoms with E-state index in [-0.39, 0.29) is 5.91 Å². The number of benzene rings is 1. The second-order valence-corrected chi connectivity index (χ2v) is 6.61. The highest BCUT2D eigenvalue weighted by Gasteiger charge is 2.13. The highest BCUT2D eigenvalue weighted by molar-refractivity contribution is 6.29. The maximum absolute atomic E-state index is 12.3. The number of fused-ring (bicyclic) bond motifs is 1. The van der Waals surface area contributed by atoms with Crippen LogP contribution in [0.5, 0.6) is 0 Å². The molecule has 4 nitrogen and oxygen atoms in total. The summed E-state index contributed by atoms with van der Waals surface area (Å²) in [4.78, 5) is 18.9. The standard InChI is InChI=1S/C18H24ClN3O/c1-12(2)22(13(3)4)10-9-20-18(23)15-5-7-16-14(11-15)6-8-17(19)21-16/h5-8,11-13H,9-10H2,1-4H3,(H,20,23). The SMILES string of the molecule is CC(C)N(CCNC(=O)c1ccc2nc(Cl)ccc2c1)C(C)C. The van der Waals surface area contributed by atoms with Crippen LogP contribution in [0.4, 0.5) is 0 Å². The summed E-state index contributed by atoms with van der Waals surface area (Å²) in [6, 6.07) is 9.98. The molecule has 1 N–H and O–H groups in total. The summed E-state index contributed by atoms with van der Waals surface area (Å²) >= 11 is 5.88. The number of aromatic nitrogens is 1. The Bertz CT molecular complexity index is 677. The number of amides is 1. The molecule has 0 saturated heterocycles. The number of hydrogen-bond acceptors (Lipinski definition) is 3. The largest absolute Gasteiger partial charge is 0.351 e. The second kappa shape index (κ2) is 7.75. The fourth-order valence-electron chi connectivity index (χ4n) is 2.76. The molecule has 124 valence electrons. The maximum Gasteiger partial charge on any atom is 0.251 e. The average molecular weight is 334 g/mol. The number of carbonyl (C=O) groups excluding carboxylic acids is 1. The van der Waals surface area contributed by atoms with Crippen LogP contribution in [0.2, 0.25) is 5.15 Å². The lowest BCUT2D eigenvalue weighted by molar-refractivity contribution is 0.0939. The summed E-state index contributed by atoms with van der Waals surface area (Å²) in [5, 5.41) is 4.35. The first kappa shape index (κ1) is 17.7. The minimum absolute atomic E-state index is 0.0608. The Morgan fingerprint density at radius 2 is 1.87 bits per heavy atom. The lowest BCUT2D eigenvalue weighted by atomic mass is 10.1. The normalized spacial score (nSPS) is 11.7. The predicted molar refractivity (Wildman–Crippen MR) is 96.1 cm³/mol. The molecular formula is C18H24ClN3O. The lowest BCUT2D eigenvalue weighted by Gasteiger charge is -2.30. The molecule has 2 rings (SSSR count). The number of nitrogens with one attached hydrogen (secondary N) is 1. The van der Waals surface area contributed by atoms with Crippen molar-refractivity contribution in [3.8, 4) is 0 Å². The molecule has 1 aromatic carbocycles. The van der Waals surface area contributed by atoms with E-state index >= 15 is 0 Å². The molecule has 0 atom stereocenters. The van der Waals surface area contributed by atoms with Gasteiger partial charge in [-0.3, -0.25) is 9.69 Å². The third-order valence-corrected chi connectivity index (χ3v) is 4.11. The van der Waals surface area contributed by atoms with Gasteiger partial charge in [0.2, 0.25) is 0 Å². The quantitative estimate of drug-likeness (QED) is 0.819. The van der Waals surface area contributed by atoms with Crippen molar-refractivity contribution in [2.24, 2.45) is 0 Å². The van der Waals surface area contributed by atoms with E-state index in [9.17, 15) is 4.79 Å². The van der Waals surface area contributed by atoms with Gasteiger partial charge in [0, 0.05) is 36.1 Å². The third-order valence-electron chi connectivity index (χ3n) is 3.90. The minimum atomic E-state index is -0.0608. The van der Waals surface area contributed by atoms with Gasteiger partial charge in [0.15, 0.2) is 0 Å². The molecule has 1 heterocycles. The summed E-state index contributed by atoms with van der Waals surface area (Å²) in [7, 11) is 0. The van der Waals surface area contributed by atoms with Gasteiger partial charge in [-0.1, -0.05) is 11.6 Å². The van der Waals surface area contributed by atoms with Crippen LogP contribution in [0.15, 0.2) is 30.3 Å². The molecule has 0 aliphatic heterocycles. The van der Waals surface area contributed by atoms with Crippen molar-refractivity contribution in [3.05, 3.63) is 41.0 Å². The molecule has 0 unspecified atom stereocenters. The van der Waals surface area contributed by atoms with Crippen LogP contribution in [-0.2, 0) is 0 Å². The van der Waals surface area contributed by atoms with E-state index in [0.717, 1.165) is 17.4 Å². The molecule has 0 fully saturated rings. The summed E-state index contributed by atoms with van der Waals surface area (Å²) < 4.78 is 0. The number of rotatable bonds is 6. The smallest absolute Gasteiger partial charge is 0.251 e. The third kappa shape index (κ3) is 4.66. The minimum Gasteiger partial charge on any atom is -0.351 e. The van der Waals surface area contributed by atoms with Crippen LogP contribution in [0.3, 0.4) is 0 Å². The van der Waals surface area contributed by atoms with Crippen molar-refractivity contribution in [1.82, 2.24) is 15.2 Å². The van der Waals surface area contributed by atoms with E-state index in [1.807, 2.05) is 18.2 Å². The van der Waals surface area contributed by atoms with Crippen molar-refractivity contribution in [3.63, 3.8) is 0 Å². The Morgan fingerprint density at radius 3 is 2.52 bits per heavy atom. The van der Waals surface area contributed by atoms with Gasteiger partial charge in [0.05, 0.1) is 5.52 Å². The highest BCUT2D eigenvalue weighted by atomic mass is 35.5. The summed E-state index contributed by atoms with van der Waals surface area (Å²) in [5.41, 5.74) is 1.43. The van der Waals surface area contributed by atoms with E-state index in [4.69, 9.17) is 11.6 Å². The zero-order valence-electron chi connectivity index (χ0n) is 14.1. The molecule has 0 radical (unpaired) electrons.